The zero-order chi connectivity index (χ0) is 32.5. The summed E-state index contributed by atoms with van der Waals surface area (Å²) in [6.45, 7) is 7.90. The average molecular weight is 622 g/mol. The summed E-state index contributed by atoms with van der Waals surface area (Å²) in [5.41, 5.74) is 2.23. The Labute approximate surface area is 268 Å². The first-order valence-electron chi connectivity index (χ1n) is 15.6. The van der Waals surface area contributed by atoms with Crippen molar-refractivity contribution in [1.29, 1.82) is 0 Å². The zero-order valence-electron chi connectivity index (χ0n) is 26.7. The molecule has 1 aromatic heterocycles. The van der Waals surface area contributed by atoms with Crippen LogP contribution in [0.2, 0.25) is 0 Å². The van der Waals surface area contributed by atoms with Gasteiger partial charge in [0.05, 0.1) is 23.6 Å². The summed E-state index contributed by atoms with van der Waals surface area (Å²) in [5, 5.41) is 3.99. The lowest BCUT2D eigenvalue weighted by molar-refractivity contribution is -0.133. The van der Waals surface area contributed by atoms with Crippen LogP contribution >= 0.6 is 0 Å². The third kappa shape index (κ3) is 6.46. The molecule has 9 nitrogen and oxygen atoms in total. The van der Waals surface area contributed by atoms with E-state index in [0.29, 0.717) is 60.6 Å². The van der Waals surface area contributed by atoms with Crippen LogP contribution < -0.4 is 19.5 Å². The number of aromatic nitrogens is 1. The van der Waals surface area contributed by atoms with Crippen molar-refractivity contribution in [3.05, 3.63) is 89.6 Å². The van der Waals surface area contributed by atoms with E-state index in [-0.39, 0.29) is 35.7 Å². The van der Waals surface area contributed by atoms with Crippen molar-refractivity contribution in [1.82, 2.24) is 15.2 Å². The predicted molar refractivity (Wildman–Crippen MR) is 175 cm³/mol. The number of pyridine rings is 1. The van der Waals surface area contributed by atoms with E-state index in [1.165, 1.54) is 7.11 Å². The number of benzene rings is 3. The van der Waals surface area contributed by atoms with Crippen LogP contribution in [0.5, 0.6) is 23.0 Å². The normalized spacial score (nSPS) is 16.5. The third-order valence-corrected chi connectivity index (χ3v) is 9.02. The molecule has 2 heterocycles. The van der Waals surface area contributed by atoms with Crippen LogP contribution in [0.1, 0.15) is 43.4 Å². The molecular formula is C37H39N3O6. The molecule has 238 valence electrons. The molecular weight excluding hydrogens is 582 g/mol. The Hall–Kier alpha value is -4.76. The highest BCUT2D eigenvalue weighted by Gasteiger charge is 2.54. The number of piperazine rings is 1. The van der Waals surface area contributed by atoms with Crippen LogP contribution in [0.15, 0.2) is 72.9 Å². The molecule has 0 radical (unpaired) electrons. The second-order valence-corrected chi connectivity index (χ2v) is 12.9. The topological polar surface area (TPSA) is 107 Å². The number of amides is 1. The van der Waals surface area contributed by atoms with Crippen LogP contribution in [-0.4, -0.2) is 59.8 Å². The van der Waals surface area contributed by atoms with E-state index in [1.54, 1.807) is 29.3 Å². The zero-order valence-corrected chi connectivity index (χ0v) is 26.7. The van der Waals surface area contributed by atoms with Crippen LogP contribution in [0.3, 0.4) is 0 Å². The number of Topliss-reactive ketones (excluding diaryl/α,β-unsaturated/α-hetero) is 2. The number of hydrogen-bond donors (Lipinski definition) is 1. The van der Waals surface area contributed by atoms with Gasteiger partial charge in [-0.2, -0.15) is 0 Å². The molecule has 9 heteroatoms. The SMILES string of the molecule is COc1cc2c(Oc3ccc(CC(=O)C4(C(=O)Cc5ccc(C)cc5)CC4)cc3)ccnc2cc1OC(=O)N1CCNCC1(C)C. The first-order chi connectivity index (χ1) is 22.1. The van der Waals surface area contributed by atoms with Crippen molar-refractivity contribution in [2.24, 2.45) is 5.41 Å². The number of carbonyl (C=O) groups excluding carboxylic acids is 3. The van der Waals surface area contributed by atoms with Crippen molar-refractivity contribution >= 4 is 28.6 Å². The fourth-order valence-electron chi connectivity index (χ4n) is 5.98. The summed E-state index contributed by atoms with van der Waals surface area (Å²) < 4.78 is 17.6. The van der Waals surface area contributed by atoms with Crippen molar-refractivity contribution in [3.63, 3.8) is 0 Å². The number of nitrogens with zero attached hydrogens (tertiary/aromatic N) is 2. The molecule has 0 unspecified atom stereocenters. The van der Waals surface area contributed by atoms with Gasteiger partial charge in [0.15, 0.2) is 23.1 Å². The average Bonchev–Trinajstić information content (AvgIpc) is 3.85. The Balaban J connectivity index is 1.13. The summed E-state index contributed by atoms with van der Waals surface area (Å²) in [4.78, 5) is 45.7. The molecule has 1 aliphatic heterocycles. The first-order valence-corrected chi connectivity index (χ1v) is 15.6. The van der Waals surface area contributed by atoms with E-state index in [0.717, 1.165) is 16.7 Å². The molecule has 46 heavy (non-hydrogen) atoms. The predicted octanol–water partition coefficient (Wildman–Crippen LogP) is 6.23. The summed E-state index contributed by atoms with van der Waals surface area (Å²) in [7, 11) is 1.52. The number of ether oxygens (including phenoxy) is 3. The number of rotatable bonds is 10. The lowest BCUT2D eigenvalue weighted by Crippen LogP contribution is -2.60. The van der Waals surface area contributed by atoms with E-state index < -0.39 is 11.5 Å². The van der Waals surface area contributed by atoms with Gasteiger partial charge in [0.2, 0.25) is 0 Å². The minimum absolute atomic E-state index is 0.00635. The van der Waals surface area contributed by atoms with Gasteiger partial charge in [-0.15, -0.1) is 0 Å². The van der Waals surface area contributed by atoms with Gasteiger partial charge in [0.25, 0.3) is 0 Å². The van der Waals surface area contributed by atoms with Gasteiger partial charge in [-0.3, -0.25) is 14.6 Å². The fraction of sp³-hybridized carbons (Fsp3) is 0.351. The lowest BCUT2D eigenvalue weighted by atomic mass is 9.88. The molecule has 1 N–H and O–H groups in total. The summed E-state index contributed by atoms with van der Waals surface area (Å²) in [6, 6.07) is 20.4. The highest BCUT2D eigenvalue weighted by atomic mass is 16.6. The maximum atomic E-state index is 13.3. The minimum atomic E-state index is -0.858. The summed E-state index contributed by atoms with van der Waals surface area (Å²) in [5.74, 6) is 1.77. The quantitative estimate of drug-likeness (QED) is 0.208. The monoisotopic (exact) mass is 621 g/mol. The van der Waals surface area contributed by atoms with Crippen molar-refractivity contribution in [2.45, 2.75) is 52.0 Å². The van der Waals surface area contributed by atoms with E-state index in [2.05, 4.69) is 10.3 Å². The lowest BCUT2D eigenvalue weighted by Gasteiger charge is -2.41. The molecule has 1 saturated heterocycles. The molecule has 2 aliphatic rings. The second-order valence-electron chi connectivity index (χ2n) is 12.9. The van der Waals surface area contributed by atoms with E-state index >= 15 is 0 Å². The maximum Gasteiger partial charge on any atom is 0.415 e. The Kier molecular flexibility index (Phi) is 8.53. The first kappa shape index (κ1) is 31.2. The molecule has 3 aromatic carbocycles. The van der Waals surface area contributed by atoms with E-state index in [1.807, 2.05) is 69.3 Å². The van der Waals surface area contributed by atoms with Gasteiger partial charge in [0.1, 0.15) is 11.5 Å². The summed E-state index contributed by atoms with van der Waals surface area (Å²) >= 11 is 0. The second kappa shape index (κ2) is 12.6. The Bertz CT molecular complexity index is 1780. The van der Waals surface area contributed by atoms with Gasteiger partial charge in [-0.1, -0.05) is 42.0 Å². The van der Waals surface area contributed by atoms with Crippen molar-refractivity contribution in [3.8, 4) is 23.0 Å². The van der Waals surface area contributed by atoms with Crippen LogP contribution in [0.4, 0.5) is 4.79 Å². The van der Waals surface area contributed by atoms with Crippen LogP contribution in [0, 0.1) is 12.3 Å². The standard InChI is InChI=1S/C37H39N3O6/c1-24-5-7-25(8-6-24)19-33(41)37(14-15-37)34(42)20-26-9-11-27(12-10-26)45-30-13-16-39-29-22-32(31(44-4)21-28(29)30)46-35(43)40-18-17-38-23-36(40,2)3/h5-13,16,21-22,38H,14-15,17-20,23H2,1-4H3. The molecule has 0 atom stereocenters. The van der Waals surface area contributed by atoms with Gasteiger partial charge < -0.3 is 24.4 Å². The van der Waals surface area contributed by atoms with Crippen molar-refractivity contribution < 1.29 is 28.6 Å². The molecule has 0 spiro atoms. The van der Waals surface area contributed by atoms with Gasteiger partial charge >= 0.3 is 6.09 Å². The van der Waals surface area contributed by atoms with E-state index in [9.17, 15) is 14.4 Å². The number of hydrogen-bond acceptors (Lipinski definition) is 8. The van der Waals surface area contributed by atoms with Gasteiger partial charge in [-0.25, -0.2) is 4.79 Å². The number of methoxy groups -OCH3 is 1. The van der Waals surface area contributed by atoms with Gasteiger partial charge in [0, 0.05) is 50.1 Å². The maximum absolute atomic E-state index is 13.3. The number of fused-ring (bicyclic) bond motifs is 1. The Morgan fingerprint density at radius 3 is 2.13 bits per heavy atom. The van der Waals surface area contributed by atoms with Gasteiger partial charge in [-0.05, 0) is 69.0 Å². The number of nitrogens with one attached hydrogen (secondary N) is 1. The molecule has 2 fully saturated rings. The van der Waals surface area contributed by atoms with E-state index in [4.69, 9.17) is 14.2 Å². The summed E-state index contributed by atoms with van der Waals surface area (Å²) in [6.07, 6.45) is 2.89. The third-order valence-electron chi connectivity index (χ3n) is 9.02. The molecule has 1 aliphatic carbocycles. The fourth-order valence-corrected chi connectivity index (χ4v) is 5.98. The number of ketones is 2. The molecule has 6 rings (SSSR count). The molecule has 4 aromatic rings. The molecule has 1 amide bonds. The molecule has 0 bridgehead atoms. The Morgan fingerprint density at radius 1 is 0.870 bits per heavy atom. The smallest absolute Gasteiger partial charge is 0.415 e. The number of carbonyl (C=O) groups is 3. The highest BCUT2D eigenvalue weighted by molar-refractivity contribution is 6.11. The largest absolute Gasteiger partial charge is 0.493 e. The van der Waals surface area contributed by atoms with Crippen molar-refractivity contribution in [2.75, 3.05) is 26.7 Å². The van der Waals surface area contributed by atoms with Crippen LogP contribution in [0.25, 0.3) is 10.9 Å². The highest BCUT2D eigenvalue weighted by Crippen LogP contribution is 2.49. The van der Waals surface area contributed by atoms with Crippen LogP contribution in [-0.2, 0) is 22.4 Å². The molecule has 1 saturated carbocycles. The minimum Gasteiger partial charge on any atom is -0.493 e. The Morgan fingerprint density at radius 2 is 1.52 bits per heavy atom. The number of aryl methyl sites for hydroxylation is 1.